The van der Waals surface area contributed by atoms with Gasteiger partial charge in [-0.3, -0.25) is 4.79 Å². The maximum absolute atomic E-state index is 14.1. The molecule has 0 aliphatic rings. The Morgan fingerprint density at radius 2 is 1.75 bits per heavy atom. The Bertz CT molecular complexity index is 1760. The lowest BCUT2D eigenvalue weighted by Gasteiger charge is -2.23. The Hall–Kier alpha value is -3.40. The van der Waals surface area contributed by atoms with Crippen LogP contribution >= 0.6 is 11.7 Å². The van der Waals surface area contributed by atoms with Crippen LogP contribution in [-0.4, -0.2) is 33.0 Å². The molecule has 36 heavy (non-hydrogen) atoms. The summed E-state index contributed by atoms with van der Waals surface area (Å²) in [6.45, 7) is 5.86. The first-order valence-electron chi connectivity index (χ1n) is 11.6. The molecule has 0 radical (unpaired) electrons. The van der Waals surface area contributed by atoms with Crippen molar-refractivity contribution < 1.29 is 8.42 Å². The third kappa shape index (κ3) is 4.57. The van der Waals surface area contributed by atoms with E-state index in [1.165, 1.54) is 4.31 Å². The van der Waals surface area contributed by atoms with Crippen molar-refractivity contribution in [2.24, 2.45) is 0 Å². The number of nitrogens with zero attached hydrogens (tertiary/aromatic N) is 3. The number of para-hydroxylation sites is 1. The lowest BCUT2D eigenvalue weighted by Crippen LogP contribution is -2.35. The highest BCUT2D eigenvalue weighted by Gasteiger charge is 2.30. The van der Waals surface area contributed by atoms with Gasteiger partial charge in [-0.2, -0.15) is 13.1 Å². The first-order valence-corrected chi connectivity index (χ1v) is 13.8. The zero-order valence-corrected chi connectivity index (χ0v) is 21.9. The quantitative estimate of drug-likeness (QED) is 0.331. The van der Waals surface area contributed by atoms with Gasteiger partial charge in [0.15, 0.2) is 0 Å². The molecule has 1 N–H and O–H groups in total. The molecule has 2 aromatic heterocycles. The van der Waals surface area contributed by atoms with E-state index in [0.717, 1.165) is 39.3 Å². The fourth-order valence-electron chi connectivity index (χ4n) is 4.53. The van der Waals surface area contributed by atoms with Gasteiger partial charge in [0.05, 0.1) is 17.2 Å². The van der Waals surface area contributed by atoms with Crippen LogP contribution in [-0.2, 0) is 23.0 Å². The number of benzene rings is 3. The van der Waals surface area contributed by atoms with Gasteiger partial charge in [0.2, 0.25) is 10.0 Å². The van der Waals surface area contributed by atoms with Crippen molar-refractivity contribution in [1.82, 2.24) is 18.0 Å². The highest BCUT2D eigenvalue weighted by atomic mass is 32.2. The minimum absolute atomic E-state index is 0.0548. The first kappa shape index (κ1) is 24.3. The summed E-state index contributed by atoms with van der Waals surface area (Å²) in [6, 6.07) is 19.1. The second-order valence-corrected chi connectivity index (χ2v) is 11.5. The molecule has 5 rings (SSSR count). The summed E-state index contributed by atoms with van der Waals surface area (Å²) in [4.78, 5) is 16.1. The maximum atomic E-state index is 14.1. The van der Waals surface area contributed by atoms with Crippen molar-refractivity contribution in [1.29, 1.82) is 0 Å². The van der Waals surface area contributed by atoms with Crippen molar-refractivity contribution in [3.05, 3.63) is 98.8 Å². The smallest absolute Gasteiger partial charge is 0.252 e. The molecular weight excluding hydrogens is 492 g/mol. The lowest BCUT2D eigenvalue weighted by atomic mass is 10.1. The van der Waals surface area contributed by atoms with Gasteiger partial charge in [0.1, 0.15) is 15.9 Å². The Labute approximate surface area is 213 Å². The van der Waals surface area contributed by atoms with Gasteiger partial charge in [0.25, 0.3) is 5.56 Å². The Morgan fingerprint density at radius 3 is 2.56 bits per heavy atom. The molecule has 3 aromatic carbocycles. The predicted octanol–water partition coefficient (Wildman–Crippen LogP) is 4.89. The molecule has 0 aliphatic carbocycles. The van der Waals surface area contributed by atoms with E-state index in [1.807, 2.05) is 56.3 Å². The molecule has 0 atom stereocenters. The third-order valence-electron chi connectivity index (χ3n) is 6.42. The van der Waals surface area contributed by atoms with Crippen molar-refractivity contribution in [2.45, 2.75) is 38.6 Å². The number of aryl methyl sites for hydroxylation is 3. The van der Waals surface area contributed by atoms with Crippen LogP contribution in [0.3, 0.4) is 0 Å². The molecule has 0 saturated carbocycles. The molecule has 9 heteroatoms. The van der Waals surface area contributed by atoms with E-state index >= 15 is 0 Å². The van der Waals surface area contributed by atoms with Crippen LogP contribution in [0.25, 0.3) is 21.9 Å². The summed E-state index contributed by atoms with van der Waals surface area (Å²) in [7, 11) is -4.00. The molecule has 0 fully saturated rings. The zero-order valence-electron chi connectivity index (χ0n) is 20.3. The van der Waals surface area contributed by atoms with Gasteiger partial charge < -0.3 is 4.98 Å². The van der Waals surface area contributed by atoms with Gasteiger partial charge in [-0.15, -0.1) is 0 Å². The normalized spacial score (nSPS) is 12.1. The monoisotopic (exact) mass is 518 g/mol. The average molecular weight is 519 g/mol. The van der Waals surface area contributed by atoms with E-state index in [-0.39, 0.29) is 23.5 Å². The van der Waals surface area contributed by atoms with E-state index in [9.17, 15) is 13.2 Å². The summed E-state index contributed by atoms with van der Waals surface area (Å²) in [5, 5.41) is 0.864. The van der Waals surface area contributed by atoms with Crippen LogP contribution in [0.1, 0.15) is 27.8 Å². The Kier molecular flexibility index (Phi) is 6.46. The van der Waals surface area contributed by atoms with Gasteiger partial charge >= 0.3 is 0 Å². The number of rotatable bonds is 7. The summed E-state index contributed by atoms with van der Waals surface area (Å²) in [5.74, 6) is 0. The topological polar surface area (TPSA) is 96.0 Å². The van der Waals surface area contributed by atoms with E-state index < -0.39 is 10.0 Å². The number of sulfonamides is 1. The number of hydrogen-bond donors (Lipinski definition) is 1. The second-order valence-electron chi connectivity index (χ2n) is 9.08. The molecular formula is C27H26N4O3S2. The van der Waals surface area contributed by atoms with Crippen molar-refractivity contribution in [3.63, 3.8) is 0 Å². The van der Waals surface area contributed by atoms with Crippen molar-refractivity contribution >= 4 is 43.7 Å². The summed E-state index contributed by atoms with van der Waals surface area (Å²) < 4.78 is 38.2. The molecule has 0 bridgehead atoms. The van der Waals surface area contributed by atoms with Crippen molar-refractivity contribution in [2.75, 3.05) is 6.54 Å². The maximum Gasteiger partial charge on any atom is 0.252 e. The standard InChI is InChI=1S/C27H26N4O3S2/c1-17-6-4-8-20(14-17)12-13-31(16-22-15-21-9-5-7-18(2)24(21)28-27(22)32)36(33,34)26-19(3)10-11-23-25(26)30-35-29-23/h4-11,14-15H,12-13,16H2,1-3H3,(H,28,32). The van der Waals surface area contributed by atoms with Crippen molar-refractivity contribution in [3.8, 4) is 0 Å². The summed E-state index contributed by atoms with van der Waals surface area (Å²) >= 11 is 0.987. The fraction of sp³-hybridized carbons (Fsp3) is 0.222. The van der Waals surface area contributed by atoms with E-state index in [1.54, 1.807) is 25.1 Å². The molecule has 0 amide bonds. The fourth-order valence-corrected chi connectivity index (χ4v) is 6.89. The number of aromatic amines is 1. The van der Waals surface area contributed by atoms with E-state index in [2.05, 4.69) is 13.7 Å². The van der Waals surface area contributed by atoms with Crippen LogP contribution in [0.5, 0.6) is 0 Å². The molecule has 5 aromatic rings. The van der Waals surface area contributed by atoms with Crippen LogP contribution in [0.2, 0.25) is 0 Å². The largest absolute Gasteiger partial charge is 0.321 e. The van der Waals surface area contributed by atoms with Gasteiger partial charge in [-0.25, -0.2) is 8.42 Å². The number of hydrogen-bond acceptors (Lipinski definition) is 6. The van der Waals surface area contributed by atoms with Gasteiger partial charge in [0, 0.05) is 18.7 Å². The molecule has 184 valence electrons. The van der Waals surface area contributed by atoms with Crippen LogP contribution in [0, 0.1) is 20.8 Å². The number of aromatic nitrogens is 3. The van der Waals surface area contributed by atoms with Crippen LogP contribution in [0.4, 0.5) is 0 Å². The zero-order chi connectivity index (χ0) is 25.4. The minimum atomic E-state index is -4.00. The predicted molar refractivity (Wildman–Crippen MR) is 144 cm³/mol. The molecule has 0 spiro atoms. The molecule has 7 nitrogen and oxygen atoms in total. The van der Waals surface area contributed by atoms with E-state index in [0.29, 0.717) is 28.6 Å². The number of H-pyrrole nitrogens is 1. The molecule has 2 heterocycles. The first-order chi connectivity index (χ1) is 17.2. The minimum Gasteiger partial charge on any atom is -0.321 e. The van der Waals surface area contributed by atoms with E-state index in [4.69, 9.17) is 0 Å². The average Bonchev–Trinajstić information content (AvgIpc) is 3.31. The lowest BCUT2D eigenvalue weighted by molar-refractivity contribution is 0.408. The van der Waals surface area contributed by atoms with Gasteiger partial charge in [-0.1, -0.05) is 54.1 Å². The molecule has 0 saturated heterocycles. The van der Waals surface area contributed by atoms with Crippen LogP contribution in [0.15, 0.2) is 70.4 Å². The highest BCUT2D eigenvalue weighted by molar-refractivity contribution is 7.89. The second kappa shape index (κ2) is 9.57. The summed E-state index contributed by atoms with van der Waals surface area (Å²) in [6.07, 6.45) is 0.510. The number of nitrogens with one attached hydrogen (secondary N) is 1. The molecule has 0 aliphatic heterocycles. The van der Waals surface area contributed by atoms with Gasteiger partial charge in [-0.05, 0) is 61.4 Å². The SMILES string of the molecule is Cc1cccc(CCN(Cc2cc3cccc(C)c3[nH]c2=O)S(=O)(=O)c2c(C)ccc3nsnc23)c1. The highest BCUT2D eigenvalue weighted by Crippen LogP contribution is 2.29. The molecule has 0 unspecified atom stereocenters. The summed E-state index contributed by atoms with van der Waals surface area (Å²) in [5.41, 5.74) is 5.46. The third-order valence-corrected chi connectivity index (χ3v) is 8.99. The Balaban J connectivity index is 1.60. The number of fused-ring (bicyclic) bond motifs is 2. The Morgan fingerprint density at radius 1 is 0.944 bits per heavy atom. The number of pyridine rings is 1. The van der Waals surface area contributed by atoms with Crippen LogP contribution < -0.4 is 5.56 Å².